The normalized spacial score (nSPS) is 11.6. The van der Waals surface area contributed by atoms with Crippen molar-refractivity contribution in [2.45, 2.75) is 4.90 Å². The number of fused-ring (bicyclic) bond motifs is 1. The van der Waals surface area contributed by atoms with Gasteiger partial charge in [0.15, 0.2) is 0 Å². The van der Waals surface area contributed by atoms with Gasteiger partial charge in [-0.2, -0.15) is 8.42 Å². The Morgan fingerprint density at radius 1 is 0.867 bits per heavy atom. The molecular weight excluding hydrogens is 400 g/mol. The molecule has 0 atom stereocenters. The number of H-pyrrole nitrogens is 1. The zero-order chi connectivity index (χ0) is 21.0. The minimum absolute atomic E-state index is 0.0663. The second-order valence-corrected chi connectivity index (χ2v) is 8.07. The SMILES string of the molecule is NNC=NS(=O)(=O)c1ccc(NNc2c(-c3ccccc3)[nH]c3ccccc23)cc1. The van der Waals surface area contributed by atoms with Crippen molar-refractivity contribution in [3.05, 3.63) is 78.9 Å². The largest absolute Gasteiger partial charge is 0.353 e. The lowest BCUT2D eigenvalue weighted by Crippen LogP contribution is -2.20. The summed E-state index contributed by atoms with van der Waals surface area (Å²) in [5, 5.41) is 1.03. The summed E-state index contributed by atoms with van der Waals surface area (Å²) in [5.74, 6) is 5.03. The summed E-state index contributed by atoms with van der Waals surface area (Å²) in [5.41, 5.74) is 13.1. The van der Waals surface area contributed by atoms with Crippen molar-refractivity contribution in [3.8, 4) is 11.3 Å². The number of sulfonamides is 1. The summed E-state index contributed by atoms with van der Waals surface area (Å²) < 4.78 is 27.5. The molecule has 3 aromatic carbocycles. The van der Waals surface area contributed by atoms with Gasteiger partial charge in [-0.1, -0.05) is 48.5 Å². The molecule has 1 heterocycles. The summed E-state index contributed by atoms with van der Waals surface area (Å²) in [6.07, 6.45) is 0.922. The highest BCUT2D eigenvalue weighted by Crippen LogP contribution is 2.34. The second kappa shape index (κ2) is 8.27. The topological polar surface area (TPSA) is 124 Å². The van der Waals surface area contributed by atoms with E-state index in [-0.39, 0.29) is 4.90 Å². The first kappa shape index (κ1) is 19.5. The van der Waals surface area contributed by atoms with Gasteiger partial charge in [-0.3, -0.25) is 5.43 Å². The Kier molecular flexibility index (Phi) is 5.38. The molecule has 0 saturated carbocycles. The highest BCUT2D eigenvalue weighted by Gasteiger charge is 2.14. The Morgan fingerprint density at radius 3 is 2.30 bits per heavy atom. The molecule has 0 fully saturated rings. The quantitative estimate of drug-likeness (QED) is 0.135. The van der Waals surface area contributed by atoms with Crippen LogP contribution in [0.15, 0.2) is 88.2 Å². The van der Waals surface area contributed by atoms with E-state index in [2.05, 4.69) is 25.7 Å². The Balaban J connectivity index is 1.61. The number of aromatic nitrogens is 1. The van der Waals surface area contributed by atoms with Crippen molar-refractivity contribution < 1.29 is 8.42 Å². The van der Waals surface area contributed by atoms with Crippen LogP contribution in [0.2, 0.25) is 0 Å². The predicted molar refractivity (Wildman–Crippen MR) is 120 cm³/mol. The number of nitrogens with two attached hydrogens (primary N) is 1. The smallest absolute Gasteiger partial charge is 0.283 e. The third-order valence-electron chi connectivity index (χ3n) is 4.52. The summed E-state index contributed by atoms with van der Waals surface area (Å²) >= 11 is 0. The molecule has 0 amide bonds. The molecular formula is C21H20N6O2S. The number of hydrazine groups is 2. The predicted octanol–water partition coefficient (Wildman–Crippen LogP) is 3.45. The fraction of sp³-hybridized carbons (Fsp3) is 0. The van der Waals surface area contributed by atoms with E-state index in [1.54, 1.807) is 12.1 Å². The third-order valence-corrected chi connectivity index (χ3v) is 5.77. The van der Waals surface area contributed by atoms with Crippen molar-refractivity contribution in [1.82, 2.24) is 10.4 Å². The Labute approximate surface area is 173 Å². The van der Waals surface area contributed by atoms with Gasteiger partial charge < -0.3 is 15.8 Å². The van der Waals surface area contributed by atoms with Crippen LogP contribution in [-0.2, 0) is 10.0 Å². The average molecular weight is 420 g/mol. The first-order chi connectivity index (χ1) is 14.6. The summed E-state index contributed by atoms with van der Waals surface area (Å²) in [4.78, 5) is 3.52. The van der Waals surface area contributed by atoms with Gasteiger partial charge in [0.1, 0.15) is 6.34 Å². The fourth-order valence-electron chi connectivity index (χ4n) is 3.10. The molecule has 0 spiro atoms. The molecule has 30 heavy (non-hydrogen) atoms. The molecule has 6 N–H and O–H groups in total. The van der Waals surface area contributed by atoms with E-state index < -0.39 is 10.0 Å². The lowest BCUT2D eigenvalue weighted by Gasteiger charge is -2.12. The molecule has 0 saturated heterocycles. The number of nitrogens with one attached hydrogen (secondary N) is 4. The van der Waals surface area contributed by atoms with Gasteiger partial charge in [-0.05, 0) is 30.3 Å². The molecule has 0 aliphatic carbocycles. The molecule has 9 heteroatoms. The number of rotatable bonds is 7. The first-order valence-corrected chi connectivity index (χ1v) is 10.6. The van der Waals surface area contributed by atoms with E-state index >= 15 is 0 Å². The molecule has 4 aromatic rings. The van der Waals surface area contributed by atoms with Crippen molar-refractivity contribution >= 4 is 38.6 Å². The highest BCUT2D eigenvalue weighted by atomic mass is 32.2. The van der Waals surface area contributed by atoms with Gasteiger partial charge >= 0.3 is 0 Å². The van der Waals surface area contributed by atoms with Crippen LogP contribution < -0.4 is 22.1 Å². The number of benzene rings is 3. The van der Waals surface area contributed by atoms with E-state index in [0.717, 1.165) is 34.2 Å². The lowest BCUT2D eigenvalue weighted by molar-refractivity contribution is 0.598. The lowest BCUT2D eigenvalue weighted by atomic mass is 10.1. The van der Waals surface area contributed by atoms with Crippen LogP contribution in [0.3, 0.4) is 0 Å². The van der Waals surface area contributed by atoms with E-state index in [0.29, 0.717) is 5.69 Å². The molecule has 0 aliphatic heterocycles. The van der Waals surface area contributed by atoms with Gasteiger partial charge in [0.2, 0.25) is 0 Å². The zero-order valence-electron chi connectivity index (χ0n) is 15.8. The standard InChI is InChI=1S/C21H20N6O2S/c22-23-14-24-30(28,29)17-12-10-16(11-13-17)26-27-21-18-8-4-5-9-19(18)25-20(21)15-6-2-1-3-7-15/h1-14,25-27H,22H2,(H,23,24). The van der Waals surface area contributed by atoms with Crippen molar-refractivity contribution in [2.75, 3.05) is 10.9 Å². The Hall–Kier alpha value is -3.82. The number of hydrogen-bond acceptors (Lipinski definition) is 5. The minimum atomic E-state index is -3.80. The highest BCUT2D eigenvalue weighted by molar-refractivity contribution is 7.90. The maximum atomic E-state index is 12.1. The molecule has 1 aromatic heterocycles. The van der Waals surface area contributed by atoms with Gasteiger partial charge in [-0.25, -0.2) is 5.84 Å². The maximum absolute atomic E-state index is 12.1. The molecule has 0 unspecified atom stereocenters. The van der Waals surface area contributed by atoms with E-state index in [1.807, 2.05) is 54.6 Å². The third kappa shape index (κ3) is 3.97. The van der Waals surface area contributed by atoms with E-state index in [4.69, 9.17) is 5.84 Å². The molecule has 8 nitrogen and oxygen atoms in total. The Morgan fingerprint density at radius 2 is 1.57 bits per heavy atom. The number of aromatic amines is 1. The minimum Gasteiger partial charge on any atom is -0.353 e. The van der Waals surface area contributed by atoms with Crippen LogP contribution in [0.25, 0.3) is 22.2 Å². The number of para-hydroxylation sites is 1. The van der Waals surface area contributed by atoms with Crippen molar-refractivity contribution in [2.24, 2.45) is 10.2 Å². The zero-order valence-corrected chi connectivity index (χ0v) is 16.6. The van der Waals surface area contributed by atoms with Gasteiger partial charge in [0, 0.05) is 16.5 Å². The van der Waals surface area contributed by atoms with E-state index in [1.165, 1.54) is 12.1 Å². The number of anilines is 2. The molecule has 152 valence electrons. The number of nitrogens with zero attached hydrogens (tertiary/aromatic N) is 1. The fourth-order valence-corrected chi connectivity index (χ4v) is 3.90. The number of hydrogen-bond donors (Lipinski definition) is 5. The molecule has 0 radical (unpaired) electrons. The van der Waals surface area contributed by atoms with E-state index in [9.17, 15) is 8.42 Å². The van der Waals surface area contributed by atoms with Gasteiger partial charge in [-0.15, -0.1) is 4.40 Å². The van der Waals surface area contributed by atoms with Crippen LogP contribution in [-0.4, -0.2) is 19.7 Å². The van der Waals surface area contributed by atoms with Crippen LogP contribution in [0.1, 0.15) is 0 Å². The molecule has 4 rings (SSSR count). The van der Waals surface area contributed by atoms with Crippen LogP contribution >= 0.6 is 0 Å². The van der Waals surface area contributed by atoms with Crippen LogP contribution in [0, 0.1) is 0 Å². The average Bonchev–Trinajstić information content (AvgIpc) is 3.16. The Bertz CT molecular complexity index is 1280. The molecule has 0 aliphatic rings. The molecule has 0 bridgehead atoms. The first-order valence-electron chi connectivity index (χ1n) is 9.11. The van der Waals surface area contributed by atoms with Crippen molar-refractivity contribution in [3.63, 3.8) is 0 Å². The summed E-state index contributed by atoms with van der Waals surface area (Å²) in [6.45, 7) is 0. The monoisotopic (exact) mass is 420 g/mol. The van der Waals surface area contributed by atoms with Crippen LogP contribution in [0.5, 0.6) is 0 Å². The summed E-state index contributed by atoms with van der Waals surface area (Å²) in [7, 11) is -3.80. The maximum Gasteiger partial charge on any atom is 0.283 e. The van der Waals surface area contributed by atoms with Crippen molar-refractivity contribution in [1.29, 1.82) is 0 Å². The second-order valence-electron chi connectivity index (χ2n) is 6.44. The summed E-state index contributed by atoms with van der Waals surface area (Å²) in [6, 6.07) is 24.3. The van der Waals surface area contributed by atoms with Gasteiger partial charge in [0.05, 0.1) is 22.0 Å². The van der Waals surface area contributed by atoms with Gasteiger partial charge in [0.25, 0.3) is 10.0 Å². The van der Waals surface area contributed by atoms with Crippen LogP contribution in [0.4, 0.5) is 11.4 Å².